The second-order valence-electron chi connectivity index (χ2n) is 7.09. The Balaban J connectivity index is 1.63. The first-order valence-electron chi connectivity index (χ1n) is 9.54. The van der Waals surface area contributed by atoms with Crippen LogP contribution in [-0.2, 0) is 27.1 Å². The number of carbonyl (C=O) groups excluding carboxylic acids is 2. The number of anilines is 1. The Hall–Kier alpha value is -1.44. The lowest BCUT2D eigenvalue weighted by Crippen LogP contribution is -2.33. The van der Waals surface area contributed by atoms with Gasteiger partial charge in [0.2, 0.25) is 0 Å². The van der Waals surface area contributed by atoms with Gasteiger partial charge in [-0.1, -0.05) is 6.42 Å². The Kier molecular flexibility index (Phi) is 6.67. The largest absolute Gasteiger partial charge is 0.376 e. The summed E-state index contributed by atoms with van der Waals surface area (Å²) in [7, 11) is 0. The van der Waals surface area contributed by atoms with Crippen LogP contribution >= 0.6 is 11.3 Å². The van der Waals surface area contributed by atoms with Gasteiger partial charge in [0.1, 0.15) is 11.1 Å². The van der Waals surface area contributed by atoms with Gasteiger partial charge in [0.05, 0.1) is 18.3 Å². The lowest BCUT2D eigenvalue weighted by atomic mass is 10.1. The van der Waals surface area contributed by atoms with E-state index < -0.39 is 12.0 Å². The van der Waals surface area contributed by atoms with Crippen LogP contribution in [0, 0.1) is 0 Å². The van der Waals surface area contributed by atoms with Crippen molar-refractivity contribution in [1.29, 1.82) is 0 Å². The van der Waals surface area contributed by atoms with Crippen LogP contribution in [0.3, 0.4) is 0 Å². The first kappa shape index (κ1) is 19.3. The minimum Gasteiger partial charge on any atom is -0.376 e. The zero-order valence-corrected chi connectivity index (χ0v) is 16.2. The van der Waals surface area contributed by atoms with Crippen molar-refractivity contribution in [2.75, 3.05) is 18.5 Å². The van der Waals surface area contributed by atoms with Gasteiger partial charge < -0.3 is 20.5 Å². The number of fused-ring (bicyclic) bond motifs is 1. The van der Waals surface area contributed by atoms with Crippen LogP contribution in [0.1, 0.15) is 66.2 Å². The number of hydrogen-bond donors (Lipinski definition) is 2. The maximum Gasteiger partial charge on any atom is 0.253 e. The second kappa shape index (κ2) is 8.97. The fraction of sp³-hybridized carbons (Fsp3) is 0.684. The van der Waals surface area contributed by atoms with Gasteiger partial charge in [-0.3, -0.25) is 9.59 Å². The summed E-state index contributed by atoms with van der Waals surface area (Å²) in [5.41, 5.74) is 7.13. The Morgan fingerprint density at radius 2 is 2.08 bits per heavy atom. The van der Waals surface area contributed by atoms with E-state index in [9.17, 15) is 9.59 Å². The summed E-state index contributed by atoms with van der Waals surface area (Å²) in [6.07, 6.45) is 7.78. The third kappa shape index (κ3) is 4.64. The second-order valence-corrected chi connectivity index (χ2v) is 8.19. The maximum absolute atomic E-state index is 12.5. The Labute approximate surface area is 158 Å². The maximum atomic E-state index is 12.5. The van der Waals surface area contributed by atoms with Crippen molar-refractivity contribution in [3.05, 3.63) is 16.0 Å². The number of hydrogen-bond acceptors (Lipinski definition) is 5. The minimum absolute atomic E-state index is 0.0676. The number of nitrogens with two attached hydrogens (primary N) is 1. The molecule has 0 spiro atoms. The van der Waals surface area contributed by atoms with E-state index in [0.717, 1.165) is 63.5 Å². The van der Waals surface area contributed by atoms with Gasteiger partial charge in [0.25, 0.3) is 11.8 Å². The lowest BCUT2D eigenvalue weighted by molar-refractivity contribution is -0.130. The minimum atomic E-state index is -0.608. The van der Waals surface area contributed by atoms with Crippen LogP contribution in [0.4, 0.5) is 5.00 Å². The number of carbonyl (C=O) groups is 2. The molecule has 6 nitrogen and oxygen atoms in total. The average molecular weight is 381 g/mol. The van der Waals surface area contributed by atoms with Gasteiger partial charge in [-0.2, -0.15) is 0 Å². The van der Waals surface area contributed by atoms with Crippen LogP contribution < -0.4 is 11.1 Å². The van der Waals surface area contributed by atoms with Crippen molar-refractivity contribution in [2.45, 2.75) is 70.5 Å². The molecule has 144 valence electrons. The molecular formula is C19H28N2O4S. The third-order valence-corrected chi connectivity index (χ3v) is 6.29. The van der Waals surface area contributed by atoms with Crippen molar-refractivity contribution in [3.63, 3.8) is 0 Å². The van der Waals surface area contributed by atoms with E-state index in [-0.39, 0.29) is 12.0 Å². The summed E-state index contributed by atoms with van der Waals surface area (Å²) in [5.74, 6) is -0.719. The third-order valence-electron chi connectivity index (χ3n) is 5.08. The van der Waals surface area contributed by atoms with Gasteiger partial charge in [-0.05, 0) is 57.4 Å². The summed E-state index contributed by atoms with van der Waals surface area (Å²) in [4.78, 5) is 25.7. The monoisotopic (exact) mass is 380 g/mol. The quantitative estimate of drug-likeness (QED) is 0.742. The SMILES string of the molecule is CC(OCC1CCCCO1)C(=O)Nc1sc2c(c1C(N)=O)CCCCC2. The van der Waals surface area contributed by atoms with E-state index in [2.05, 4.69) is 5.32 Å². The number of amides is 2. The van der Waals surface area contributed by atoms with Crippen molar-refractivity contribution in [3.8, 4) is 0 Å². The molecule has 0 aromatic carbocycles. The highest BCUT2D eigenvalue weighted by Crippen LogP contribution is 2.37. The lowest BCUT2D eigenvalue weighted by Gasteiger charge is -2.23. The molecule has 1 aromatic heterocycles. The topological polar surface area (TPSA) is 90.7 Å². The molecule has 1 aliphatic heterocycles. The molecule has 26 heavy (non-hydrogen) atoms. The first-order valence-corrected chi connectivity index (χ1v) is 10.4. The summed E-state index contributed by atoms with van der Waals surface area (Å²) in [6.45, 7) is 2.90. The van der Waals surface area contributed by atoms with Crippen LogP contribution in [0.25, 0.3) is 0 Å². The normalized spacial score (nSPS) is 21.5. The van der Waals surface area contributed by atoms with E-state index in [1.807, 2.05) is 0 Å². The highest BCUT2D eigenvalue weighted by atomic mass is 32.1. The molecule has 1 saturated heterocycles. The zero-order chi connectivity index (χ0) is 18.5. The fourth-order valence-electron chi connectivity index (χ4n) is 3.57. The van der Waals surface area contributed by atoms with E-state index in [0.29, 0.717) is 17.2 Å². The molecule has 2 unspecified atom stereocenters. The molecule has 2 aliphatic rings. The number of rotatable bonds is 6. The molecular weight excluding hydrogens is 352 g/mol. The summed E-state index contributed by atoms with van der Waals surface area (Å²) >= 11 is 1.48. The van der Waals surface area contributed by atoms with Gasteiger partial charge in [0, 0.05) is 11.5 Å². The van der Waals surface area contributed by atoms with Crippen molar-refractivity contribution in [1.82, 2.24) is 0 Å². The molecule has 0 saturated carbocycles. The molecule has 0 radical (unpaired) electrons. The molecule has 2 atom stereocenters. The molecule has 2 amide bonds. The molecule has 3 N–H and O–H groups in total. The molecule has 1 aromatic rings. The van der Waals surface area contributed by atoms with Crippen LogP contribution in [0.15, 0.2) is 0 Å². The smallest absolute Gasteiger partial charge is 0.253 e. The number of nitrogens with one attached hydrogen (secondary N) is 1. The standard InChI is InChI=1S/C19H28N2O4S/c1-12(25-11-13-7-5-6-10-24-13)18(23)21-19-16(17(20)22)14-8-3-2-4-9-15(14)26-19/h12-13H,2-11H2,1H3,(H2,20,22)(H,21,23). The highest BCUT2D eigenvalue weighted by Gasteiger charge is 2.26. The van der Waals surface area contributed by atoms with E-state index >= 15 is 0 Å². The predicted molar refractivity (Wildman–Crippen MR) is 102 cm³/mol. The molecule has 0 bridgehead atoms. The van der Waals surface area contributed by atoms with Gasteiger partial charge in [-0.15, -0.1) is 11.3 Å². The Bertz CT molecular complexity index is 652. The average Bonchev–Trinajstić information content (AvgIpc) is 2.81. The first-order chi connectivity index (χ1) is 12.6. The molecule has 1 aliphatic carbocycles. The van der Waals surface area contributed by atoms with Crippen molar-refractivity contribution in [2.24, 2.45) is 5.73 Å². The van der Waals surface area contributed by atoms with Gasteiger partial charge >= 0.3 is 0 Å². The Morgan fingerprint density at radius 1 is 1.27 bits per heavy atom. The number of primary amides is 1. The van der Waals surface area contributed by atoms with Crippen molar-refractivity contribution < 1.29 is 19.1 Å². The van der Waals surface area contributed by atoms with Crippen LogP contribution in [0.5, 0.6) is 0 Å². The number of aryl methyl sites for hydroxylation is 1. The van der Waals surface area contributed by atoms with Gasteiger partial charge in [0.15, 0.2) is 0 Å². The fourth-order valence-corrected chi connectivity index (χ4v) is 4.87. The van der Waals surface area contributed by atoms with E-state index in [4.69, 9.17) is 15.2 Å². The number of ether oxygens (including phenoxy) is 2. The summed E-state index contributed by atoms with van der Waals surface area (Å²) in [5, 5.41) is 3.44. The van der Waals surface area contributed by atoms with E-state index in [1.54, 1.807) is 6.92 Å². The zero-order valence-electron chi connectivity index (χ0n) is 15.3. The van der Waals surface area contributed by atoms with Crippen molar-refractivity contribution >= 4 is 28.2 Å². The predicted octanol–water partition coefficient (Wildman–Crippen LogP) is 3.03. The van der Waals surface area contributed by atoms with Crippen LogP contribution in [0.2, 0.25) is 0 Å². The van der Waals surface area contributed by atoms with Crippen LogP contribution in [-0.4, -0.2) is 37.2 Å². The summed E-state index contributed by atoms with van der Waals surface area (Å²) < 4.78 is 11.3. The highest BCUT2D eigenvalue weighted by molar-refractivity contribution is 7.17. The van der Waals surface area contributed by atoms with Gasteiger partial charge in [-0.25, -0.2) is 0 Å². The molecule has 2 heterocycles. The molecule has 7 heteroatoms. The summed E-state index contributed by atoms with van der Waals surface area (Å²) in [6, 6.07) is 0. The molecule has 3 rings (SSSR count). The Morgan fingerprint density at radius 3 is 2.81 bits per heavy atom. The molecule has 1 fully saturated rings. The van der Waals surface area contributed by atoms with E-state index in [1.165, 1.54) is 16.2 Å². The number of thiophene rings is 1.